The number of aldehydes is 1. The Kier molecular flexibility index (Phi) is 9.20. The third-order valence-corrected chi connectivity index (χ3v) is 7.29. The Hall–Kier alpha value is -3.53. The second-order valence-electron chi connectivity index (χ2n) is 10.1. The van der Waals surface area contributed by atoms with Gasteiger partial charge in [0, 0.05) is 26.7 Å². The number of nitrogens with zero attached hydrogens (tertiary/aromatic N) is 3. The van der Waals surface area contributed by atoms with Crippen LogP contribution in [0.15, 0.2) is 35.1 Å². The number of aryl methyl sites for hydroxylation is 1. The molecule has 1 fully saturated rings. The second kappa shape index (κ2) is 12.1. The number of aromatic nitrogens is 2. The summed E-state index contributed by atoms with van der Waals surface area (Å²) in [6.45, 7) is 2.47. The number of carbonyl (C=O) groups excluding carboxylic acids is 3. The molecule has 37 heavy (non-hydrogen) atoms. The van der Waals surface area contributed by atoms with Crippen LogP contribution in [0.2, 0.25) is 0 Å². The lowest BCUT2D eigenvalue weighted by molar-refractivity contribution is -0.136. The summed E-state index contributed by atoms with van der Waals surface area (Å²) in [6, 6.07) is 9.96. The van der Waals surface area contributed by atoms with E-state index in [1.807, 2.05) is 32.2 Å². The van der Waals surface area contributed by atoms with Crippen molar-refractivity contribution in [1.29, 1.82) is 0 Å². The Balaban J connectivity index is 0.000000479. The number of hydrogen-bond acceptors (Lipinski definition) is 7. The van der Waals surface area contributed by atoms with Crippen molar-refractivity contribution in [3.05, 3.63) is 57.8 Å². The topological polar surface area (TPSA) is 134 Å². The molecule has 200 valence electrons. The minimum Gasteiger partial charge on any atom is -0.501 e. The van der Waals surface area contributed by atoms with Crippen LogP contribution in [-0.2, 0) is 28.1 Å². The molecule has 2 aliphatic heterocycles. The lowest BCUT2D eigenvalue weighted by Crippen LogP contribution is -2.45. The maximum Gasteiger partial charge on any atom is 0.296 e. The Morgan fingerprint density at radius 3 is 2.43 bits per heavy atom. The van der Waals surface area contributed by atoms with E-state index in [9.17, 15) is 24.3 Å². The number of benzene rings is 1. The van der Waals surface area contributed by atoms with Crippen LogP contribution < -0.4 is 16.2 Å². The van der Waals surface area contributed by atoms with Crippen molar-refractivity contribution >= 4 is 18.1 Å². The van der Waals surface area contributed by atoms with Crippen LogP contribution in [0.4, 0.5) is 0 Å². The Morgan fingerprint density at radius 2 is 1.89 bits per heavy atom. The molecule has 1 saturated carbocycles. The Labute approximate surface area is 217 Å². The lowest BCUT2D eigenvalue weighted by Gasteiger charge is -2.36. The van der Waals surface area contributed by atoms with Gasteiger partial charge in [0.25, 0.3) is 17.4 Å². The predicted molar refractivity (Wildman–Crippen MR) is 139 cm³/mol. The van der Waals surface area contributed by atoms with Crippen molar-refractivity contribution in [2.45, 2.75) is 63.6 Å². The average molecular weight is 512 g/mol. The molecule has 10 nitrogen and oxygen atoms in total. The number of carbonyl (C=O) groups is 3. The van der Waals surface area contributed by atoms with E-state index in [2.05, 4.69) is 27.8 Å². The summed E-state index contributed by atoms with van der Waals surface area (Å²) in [6.07, 6.45) is 5.62. The highest BCUT2D eigenvalue weighted by Gasteiger charge is 2.43. The van der Waals surface area contributed by atoms with E-state index < -0.39 is 28.7 Å². The molecule has 0 radical (unpaired) electrons. The van der Waals surface area contributed by atoms with Gasteiger partial charge in [-0.05, 0) is 64.0 Å². The van der Waals surface area contributed by atoms with E-state index in [0.29, 0.717) is 18.3 Å². The van der Waals surface area contributed by atoms with Gasteiger partial charge < -0.3 is 20.6 Å². The van der Waals surface area contributed by atoms with E-state index in [1.165, 1.54) is 24.6 Å². The Morgan fingerprint density at radius 1 is 1.24 bits per heavy atom. The molecule has 10 heteroatoms. The van der Waals surface area contributed by atoms with E-state index in [-0.39, 0.29) is 18.0 Å². The molecule has 1 aromatic carbocycles. The van der Waals surface area contributed by atoms with Gasteiger partial charge in [-0.25, -0.2) is 4.98 Å². The SMILES string of the molecule is CN(C)C(=O)C=O.CNC12CCC(CC1)Cn1c2nc(C(=O)NC(C)CCc2ccccc2)c(O)c1=O. The van der Waals surface area contributed by atoms with Crippen LogP contribution in [-0.4, -0.2) is 64.8 Å². The lowest BCUT2D eigenvalue weighted by atomic mass is 9.77. The highest BCUT2D eigenvalue weighted by Crippen LogP contribution is 2.42. The number of amides is 2. The number of fused-ring (bicyclic) bond motifs is 2. The zero-order valence-corrected chi connectivity index (χ0v) is 22.0. The fourth-order valence-electron chi connectivity index (χ4n) is 4.93. The molecule has 1 aromatic heterocycles. The van der Waals surface area contributed by atoms with Gasteiger partial charge in [0.15, 0.2) is 5.69 Å². The molecule has 1 unspecified atom stereocenters. The minimum atomic E-state index is -0.556. The molecule has 1 atom stereocenters. The zero-order valence-electron chi connectivity index (χ0n) is 22.0. The number of likely N-dealkylation sites (N-methyl/N-ethyl adjacent to an activating group) is 1. The molecule has 2 bridgehead atoms. The van der Waals surface area contributed by atoms with Crippen LogP contribution in [0.25, 0.3) is 0 Å². The fourth-order valence-corrected chi connectivity index (χ4v) is 4.93. The number of hydrogen-bond donors (Lipinski definition) is 3. The van der Waals surface area contributed by atoms with Crippen molar-refractivity contribution in [3.63, 3.8) is 0 Å². The minimum absolute atomic E-state index is 0.116. The van der Waals surface area contributed by atoms with Crippen molar-refractivity contribution < 1.29 is 19.5 Å². The molecule has 3 aliphatic rings. The number of rotatable bonds is 7. The first-order chi connectivity index (χ1) is 17.6. The van der Waals surface area contributed by atoms with Gasteiger partial charge in [-0.1, -0.05) is 30.3 Å². The summed E-state index contributed by atoms with van der Waals surface area (Å²) in [5, 5.41) is 16.8. The molecule has 0 spiro atoms. The standard InChI is InChI=1S/C23H30N4O3.C4H7NO2/c1-15(8-9-16-6-4-3-5-7-16)25-20(29)18-19(28)21(30)27-14-17-10-12-23(24-2,13-11-17)22(27)26-18;1-5(2)4(7)3-6/h3-7,15,17,24,28H,8-14H2,1-2H3,(H,25,29);3H,1-2H3. The maximum absolute atomic E-state index is 12.9. The second-order valence-corrected chi connectivity index (χ2v) is 10.1. The first-order valence-electron chi connectivity index (χ1n) is 12.7. The van der Waals surface area contributed by atoms with E-state index >= 15 is 0 Å². The highest BCUT2D eigenvalue weighted by molar-refractivity contribution is 6.23. The number of aromatic hydroxyl groups is 1. The molecule has 5 rings (SSSR count). The molecule has 0 saturated heterocycles. The smallest absolute Gasteiger partial charge is 0.296 e. The van der Waals surface area contributed by atoms with Crippen molar-refractivity contribution in [2.24, 2.45) is 5.92 Å². The highest BCUT2D eigenvalue weighted by atomic mass is 16.3. The summed E-state index contributed by atoms with van der Waals surface area (Å²) in [5.41, 5.74) is 0.0938. The molecular weight excluding hydrogens is 474 g/mol. The van der Waals surface area contributed by atoms with Gasteiger partial charge in [-0.15, -0.1) is 0 Å². The zero-order chi connectivity index (χ0) is 27.2. The quantitative estimate of drug-likeness (QED) is 0.380. The molecular formula is C27H37N5O5. The van der Waals surface area contributed by atoms with E-state index in [0.717, 1.165) is 38.5 Å². The van der Waals surface area contributed by atoms with Crippen molar-refractivity contribution in [2.75, 3.05) is 21.1 Å². The summed E-state index contributed by atoms with van der Waals surface area (Å²) >= 11 is 0. The summed E-state index contributed by atoms with van der Waals surface area (Å²) in [5.74, 6) is -0.572. The van der Waals surface area contributed by atoms with Crippen LogP contribution in [0, 0.1) is 5.92 Å². The molecule has 2 amide bonds. The monoisotopic (exact) mass is 511 g/mol. The van der Waals surface area contributed by atoms with Crippen LogP contribution in [0.3, 0.4) is 0 Å². The number of nitrogens with one attached hydrogen (secondary N) is 2. The van der Waals surface area contributed by atoms with Gasteiger partial charge in [0.1, 0.15) is 5.82 Å². The first-order valence-corrected chi connectivity index (χ1v) is 12.7. The van der Waals surface area contributed by atoms with Gasteiger partial charge in [0.05, 0.1) is 5.54 Å². The van der Waals surface area contributed by atoms with Gasteiger partial charge in [-0.3, -0.25) is 23.7 Å². The Bertz CT molecular complexity index is 1170. The normalized spacial score (nSPS) is 20.5. The summed E-state index contributed by atoms with van der Waals surface area (Å²) in [4.78, 5) is 51.2. The van der Waals surface area contributed by atoms with Crippen molar-refractivity contribution in [3.8, 4) is 5.75 Å². The van der Waals surface area contributed by atoms with Gasteiger partial charge >= 0.3 is 0 Å². The van der Waals surface area contributed by atoms with Gasteiger partial charge in [0.2, 0.25) is 12.0 Å². The van der Waals surface area contributed by atoms with Gasteiger partial charge in [-0.2, -0.15) is 0 Å². The molecule has 2 aromatic rings. The third kappa shape index (κ3) is 6.43. The third-order valence-electron chi connectivity index (χ3n) is 7.29. The summed E-state index contributed by atoms with van der Waals surface area (Å²) in [7, 11) is 4.92. The van der Waals surface area contributed by atoms with Crippen LogP contribution in [0.1, 0.15) is 60.9 Å². The van der Waals surface area contributed by atoms with Crippen LogP contribution in [0.5, 0.6) is 5.75 Å². The first kappa shape index (κ1) is 28.0. The predicted octanol–water partition coefficient (Wildman–Crippen LogP) is 1.59. The van der Waals surface area contributed by atoms with Crippen LogP contribution >= 0.6 is 0 Å². The average Bonchev–Trinajstić information content (AvgIpc) is 3.16. The fraction of sp³-hybridized carbons (Fsp3) is 0.519. The largest absolute Gasteiger partial charge is 0.501 e. The van der Waals surface area contributed by atoms with E-state index in [1.54, 1.807) is 4.57 Å². The molecule has 3 N–H and O–H groups in total. The van der Waals surface area contributed by atoms with Crippen molar-refractivity contribution in [1.82, 2.24) is 25.1 Å². The van der Waals surface area contributed by atoms with E-state index in [4.69, 9.17) is 0 Å². The molecule has 1 aliphatic carbocycles. The summed E-state index contributed by atoms with van der Waals surface area (Å²) < 4.78 is 1.58. The molecule has 3 heterocycles. The maximum atomic E-state index is 12.9.